The molecule has 4 bridgehead atoms. The number of aromatic nitrogens is 2. The van der Waals surface area contributed by atoms with Crippen molar-refractivity contribution in [2.24, 2.45) is 17.8 Å². The molecule has 1 heterocycles. The van der Waals surface area contributed by atoms with E-state index in [4.69, 9.17) is 11.6 Å². The van der Waals surface area contributed by atoms with Gasteiger partial charge in [0, 0.05) is 6.54 Å². The Morgan fingerprint density at radius 2 is 1.71 bits per heavy atom. The van der Waals surface area contributed by atoms with Gasteiger partial charge in [-0.1, -0.05) is 41.4 Å². The Kier molecular flexibility index (Phi) is 4.50. The minimum absolute atomic E-state index is 0.0874. The first-order chi connectivity index (χ1) is 13.5. The third-order valence-corrected chi connectivity index (χ3v) is 7.59. The summed E-state index contributed by atoms with van der Waals surface area (Å²) >= 11 is 6.51. The molecule has 6 rings (SSSR count). The number of nitrogens with zero attached hydrogens (tertiary/aromatic N) is 2. The maximum atomic E-state index is 13.1. The predicted molar refractivity (Wildman–Crippen MR) is 113 cm³/mol. The van der Waals surface area contributed by atoms with Crippen LogP contribution in [0.25, 0.3) is 0 Å². The largest absolute Gasteiger partial charge is 0.382 e. The Bertz CT molecular complexity index is 899. The van der Waals surface area contributed by atoms with Crippen molar-refractivity contribution in [2.75, 3.05) is 11.9 Å². The zero-order chi connectivity index (χ0) is 19.3. The van der Waals surface area contributed by atoms with E-state index < -0.39 is 0 Å². The van der Waals surface area contributed by atoms with E-state index in [1.165, 1.54) is 30.4 Å². The number of anilines is 1. The first-order valence-corrected chi connectivity index (χ1v) is 11.0. The van der Waals surface area contributed by atoms with E-state index >= 15 is 0 Å². The molecule has 28 heavy (non-hydrogen) atoms. The van der Waals surface area contributed by atoms with E-state index in [0.717, 1.165) is 50.0 Å². The number of nitrogens with one attached hydrogen (secondary N) is 1. The fraction of sp³-hybridized carbons (Fsp3) is 0.565. The van der Waals surface area contributed by atoms with Crippen LogP contribution in [0.15, 0.2) is 35.3 Å². The van der Waals surface area contributed by atoms with Gasteiger partial charge in [0.25, 0.3) is 5.56 Å². The van der Waals surface area contributed by atoms with Gasteiger partial charge in [0.1, 0.15) is 5.02 Å². The van der Waals surface area contributed by atoms with Gasteiger partial charge in [-0.15, -0.1) is 0 Å². The van der Waals surface area contributed by atoms with Gasteiger partial charge < -0.3 is 5.32 Å². The molecule has 1 aromatic carbocycles. The molecule has 0 aliphatic heterocycles. The number of halogens is 1. The van der Waals surface area contributed by atoms with Crippen LogP contribution in [-0.2, 0) is 12.0 Å². The van der Waals surface area contributed by atoms with Gasteiger partial charge in [-0.25, -0.2) is 4.68 Å². The van der Waals surface area contributed by atoms with Crippen LogP contribution in [0.2, 0.25) is 5.02 Å². The van der Waals surface area contributed by atoms with E-state index in [0.29, 0.717) is 5.69 Å². The Hall–Kier alpha value is -1.81. The van der Waals surface area contributed by atoms with Gasteiger partial charge in [0.05, 0.1) is 17.4 Å². The summed E-state index contributed by atoms with van der Waals surface area (Å²) < 4.78 is 1.75. The van der Waals surface area contributed by atoms with Crippen LogP contribution < -0.4 is 10.9 Å². The normalized spacial score (nSPS) is 30.6. The minimum Gasteiger partial charge on any atom is -0.382 e. The lowest BCUT2D eigenvalue weighted by Crippen LogP contribution is -2.55. The molecule has 4 fully saturated rings. The third kappa shape index (κ3) is 3.16. The quantitative estimate of drug-likeness (QED) is 0.789. The molecule has 4 saturated carbocycles. The lowest BCUT2D eigenvalue weighted by molar-refractivity contribution is -0.0518. The molecule has 0 amide bonds. The molecule has 0 radical (unpaired) electrons. The molecule has 5 heteroatoms. The van der Waals surface area contributed by atoms with Crippen LogP contribution in [0.4, 0.5) is 5.69 Å². The van der Waals surface area contributed by atoms with Crippen LogP contribution in [-0.4, -0.2) is 16.3 Å². The fourth-order valence-corrected chi connectivity index (χ4v) is 6.51. The van der Waals surface area contributed by atoms with Gasteiger partial charge in [-0.3, -0.25) is 4.79 Å². The van der Waals surface area contributed by atoms with E-state index in [1.54, 1.807) is 10.9 Å². The zero-order valence-corrected chi connectivity index (χ0v) is 17.2. The van der Waals surface area contributed by atoms with Gasteiger partial charge in [0.2, 0.25) is 0 Å². The number of aryl methyl sites for hydroxylation is 1. The molecular formula is C23H28ClN3O. The molecule has 2 aromatic rings. The van der Waals surface area contributed by atoms with Crippen LogP contribution in [0, 0.1) is 24.7 Å². The van der Waals surface area contributed by atoms with E-state index in [-0.39, 0.29) is 16.1 Å². The average molecular weight is 398 g/mol. The van der Waals surface area contributed by atoms with Crippen LogP contribution >= 0.6 is 11.6 Å². The first-order valence-electron chi connectivity index (χ1n) is 10.6. The predicted octanol–water partition coefficient (Wildman–Crippen LogP) is 4.79. The monoisotopic (exact) mass is 397 g/mol. The molecule has 0 unspecified atom stereocenters. The van der Waals surface area contributed by atoms with Gasteiger partial charge >= 0.3 is 0 Å². The molecular weight excluding hydrogens is 370 g/mol. The fourth-order valence-electron chi connectivity index (χ4n) is 6.31. The van der Waals surface area contributed by atoms with Crippen LogP contribution in [0.1, 0.15) is 49.7 Å². The second-order valence-corrected chi connectivity index (χ2v) is 9.77. The minimum atomic E-state index is -0.121. The van der Waals surface area contributed by atoms with E-state index in [1.807, 2.05) is 0 Å². The highest BCUT2D eigenvalue weighted by Crippen LogP contribution is 2.58. The third-order valence-electron chi connectivity index (χ3n) is 7.22. The van der Waals surface area contributed by atoms with Crippen molar-refractivity contribution in [3.8, 4) is 0 Å². The smallest absolute Gasteiger partial charge is 0.288 e. The topological polar surface area (TPSA) is 46.9 Å². The highest BCUT2D eigenvalue weighted by atomic mass is 35.5. The van der Waals surface area contributed by atoms with E-state index in [9.17, 15) is 4.79 Å². The van der Waals surface area contributed by atoms with Crippen molar-refractivity contribution >= 4 is 17.3 Å². The highest BCUT2D eigenvalue weighted by Gasteiger charge is 2.53. The van der Waals surface area contributed by atoms with Crippen molar-refractivity contribution in [1.29, 1.82) is 0 Å². The van der Waals surface area contributed by atoms with Crippen molar-refractivity contribution in [3.05, 3.63) is 57.0 Å². The average Bonchev–Trinajstić information content (AvgIpc) is 2.65. The second kappa shape index (κ2) is 6.91. The summed E-state index contributed by atoms with van der Waals surface area (Å²) in [6.45, 7) is 2.82. The number of benzene rings is 1. The maximum Gasteiger partial charge on any atom is 0.288 e. The van der Waals surface area contributed by atoms with Crippen LogP contribution in [0.5, 0.6) is 0 Å². The highest BCUT2D eigenvalue weighted by molar-refractivity contribution is 6.32. The summed E-state index contributed by atoms with van der Waals surface area (Å²) in [6, 6.07) is 8.52. The Morgan fingerprint density at radius 1 is 1.11 bits per heavy atom. The van der Waals surface area contributed by atoms with Gasteiger partial charge in [-0.2, -0.15) is 5.10 Å². The molecule has 4 aliphatic carbocycles. The standard InChI is InChI=1S/C23H28ClN3O/c1-15-2-4-16(5-3-15)6-7-25-20-14-26-27(22(28)21(20)24)23-11-17-8-18(12-23)10-19(9-17)13-23/h2-5,14,17-19,25H,6-13H2,1H3. The van der Waals surface area contributed by atoms with Crippen molar-refractivity contribution < 1.29 is 0 Å². The number of rotatable bonds is 5. The lowest BCUT2D eigenvalue weighted by Gasteiger charge is -2.56. The van der Waals surface area contributed by atoms with Crippen molar-refractivity contribution in [1.82, 2.24) is 9.78 Å². The summed E-state index contributed by atoms with van der Waals surface area (Å²) in [4.78, 5) is 13.1. The van der Waals surface area contributed by atoms with E-state index in [2.05, 4.69) is 41.6 Å². The maximum absolute atomic E-state index is 13.1. The summed E-state index contributed by atoms with van der Waals surface area (Å²) in [5.74, 6) is 2.31. The summed E-state index contributed by atoms with van der Waals surface area (Å²) in [5, 5.41) is 8.22. The Labute approximate surface area is 171 Å². The molecule has 1 aromatic heterocycles. The zero-order valence-electron chi connectivity index (χ0n) is 16.5. The molecule has 148 valence electrons. The van der Waals surface area contributed by atoms with Crippen molar-refractivity contribution in [2.45, 2.75) is 57.4 Å². The summed E-state index contributed by atoms with van der Waals surface area (Å²) in [6.07, 6.45) is 9.99. The molecule has 4 nitrogen and oxygen atoms in total. The van der Waals surface area contributed by atoms with Gasteiger partial charge in [-0.05, 0) is 75.2 Å². The molecule has 4 aliphatic rings. The molecule has 0 saturated heterocycles. The Balaban J connectivity index is 1.33. The summed E-state index contributed by atoms with van der Waals surface area (Å²) in [7, 11) is 0. The number of hydrogen-bond acceptors (Lipinski definition) is 3. The SMILES string of the molecule is Cc1ccc(CCNc2cnn(C34CC5CC(CC(C5)C3)C4)c(=O)c2Cl)cc1. The molecule has 0 spiro atoms. The number of hydrogen-bond donors (Lipinski definition) is 1. The van der Waals surface area contributed by atoms with Crippen LogP contribution in [0.3, 0.4) is 0 Å². The van der Waals surface area contributed by atoms with Gasteiger partial charge in [0.15, 0.2) is 0 Å². The molecule has 1 N–H and O–H groups in total. The summed E-state index contributed by atoms with van der Waals surface area (Å²) in [5.41, 5.74) is 2.97. The lowest BCUT2D eigenvalue weighted by atomic mass is 9.53. The molecule has 0 atom stereocenters. The first kappa shape index (κ1) is 18.2. The van der Waals surface area contributed by atoms with Crippen molar-refractivity contribution in [3.63, 3.8) is 0 Å². The second-order valence-electron chi connectivity index (χ2n) is 9.39. The Morgan fingerprint density at radius 3 is 2.32 bits per heavy atom.